The maximum atomic E-state index is 4.60. The molecule has 0 radical (unpaired) electrons. The van der Waals surface area contributed by atoms with E-state index in [9.17, 15) is 0 Å². The second-order valence-electron chi connectivity index (χ2n) is 6.29. The van der Waals surface area contributed by atoms with Gasteiger partial charge in [0.15, 0.2) is 0 Å². The summed E-state index contributed by atoms with van der Waals surface area (Å²) >= 11 is 0. The van der Waals surface area contributed by atoms with E-state index in [0.717, 1.165) is 30.6 Å². The molecule has 0 amide bonds. The van der Waals surface area contributed by atoms with Crippen molar-refractivity contribution in [2.45, 2.75) is 31.8 Å². The average molecular weight is 315 g/mol. The predicted octanol–water partition coefficient (Wildman–Crippen LogP) is 4.31. The van der Waals surface area contributed by atoms with Crippen LogP contribution < -0.4 is 5.32 Å². The van der Waals surface area contributed by atoms with Crippen LogP contribution in [0.2, 0.25) is 0 Å². The van der Waals surface area contributed by atoms with Crippen molar-refractivity contribution in [3.8, 4) is 11.3 Å². The normalized spacial score (nSPS) is 16.6. The number of hydrogen-bond donors (Lipinski definition) is 1. The first-order valence-electron chi connectivity index (χ1n) is 8.58. The van der Waals surface area contributed by atoms with Gasteiger partial charge in [-0.1, -0.05) is 36.4 Å². The Morgan fingerprint density at radius 1 is 0.917 bits per heavy atom. The van der Waals surface area contributed by atoms with Crippen LogP contribution in [0, 0.1) is 0 Å². The smallest absolute Gasteiger partial charge is 0.0701 e. The van der Waals surface area contributed by atoms with Crippen LogP contribution >= 0.6 is 0 Å². The van der Waals surface area contributed by atoms with Crippen molar-refractivity contribution in [3.63, 3.8) is 0 Å². The largest absolute Gasteiger partial charge is 0.305 e. The van der Waals surface area contributed by atoms with Crippen molar-refractivity contribution in [2.75, 3.05) is 0 Å². The van der Waals surface area contributed by atoms with E-state index in [-0.39, 0.29) is 0 Å². The topological polar surface area (TPSA) is 37.8 Å². The second-order valence-corrected chi connectivity index (χ2v) is 6.29. The first-order chi connectivity index (χ1) is 11.9. The summed E-state index contributed by atoms with van der Waals surface area (Å²) in [5.41, 5.74) is 6.09. The quantitative estimate of drug-likeness (QED) is 0.779. The maximum absolute atomic E-state index is 4.60. The molecule has 2 heterocycles. The van der Waals surface area contributed by atoms with Crippen LogP contribution in [-0.2, 0) is 13.0 Å². The Balaban J connectivity index is 1.44. The molecule has 2 aromatic heterocycles. The first-order valence-corrected chi connectivity index (χ1v) is 8.58. The molecular weight excluding hydrogens is 294 g/mol. The lowest BCUT2D eigenvalue weighted by molar-refractivity contribution is 0.447. The molecule has 1 atom stereocenters. The Bertz CT molecular complexity index is 797. The fourth-order valence-electron chi connectivity index (χ4n) is 3.38. The number of nitrogens with one attached hydrogen (secondary N) is 1. The van der Waals surface area contributed by atoms with Crippen LogP contribution in [-0.4, -0.2) is 9.97 Å². The third-order valence-corrected chi connectivity index (χ3v) is 4.66. The molecule has 120 valence electrons. The molecule has 0 saturated carbocycles. The fraction of sp³-hybridized carbons (Fsp3) is 0.238. The molecule has 0 aliphatic heterocycles. The first kappa shape index (κ1) is 15.0. The number of rotatable bonds is 4. The van der Waals surface area contributed by atoms with E-state index in [0.29, 0.717) is 6.04 Å². The molecule has 0 bridgehead atoms. The van der Waals surface area contributed by atoms with Gasteiger partial charge in [0.2, 0.25) is 0 Å². The van der Waals surface area contributed by atoms with Crippen LogP contribution in [0.25, 0.3) is 11.3 Å². The second kappa shape index (κ2) is 6.93. The average Bonchev–Trinajstić information content (AvgIpc) is 2.67. The minimum atomic E-state index is 0.366. The van der Waals surface area contributed by atoms with Crippen LogP contribution in [0.3, 0.4) is 0 Å². The Labute approximate surface area is 142 Å². The highest BCUT2D eigenvalue weighted by Gasteiger charge is 2.20. The van der Waals surface area contributed by atoms with E-state index >= 15 is 0 Å². The van der Waals surface area contributed by atoms with Gasteiger partial charge in [0.25, 0.3) is 0 Å². The molecule has 4 rings (SSSR count). The molecule has 0 saturated heterocycles. The SMILES string of the molecule is c1ccc(-c2ccc(CNC3CCCc4cccnc43)cc2)nc1. The number of fused-ring (bicyclic) bond motifs is 1. The summed E-state index contributed by atoms with van der Waals surface area (Å²) in [6.45, 7) is 0.864. The van der Waals surface area contributed by atoms with Crippen molar-refractivity contribution >= 4 is 0 Å². The highest BCUT2D eigenvalue weighted by Crippen LogP contribution is 2.28. The van der Waals surface area contributed by atoms with Gasteiger partial charge in [0, 0.05) is 24.5 Å². The van der Waals surface area contributed by atoms with Crippen LogP contribution in [0.1, 0.15) is 35.7 Å². The molecule has 1 aromatic carbocycles. The zero-order valence-electron chi connectivity index (χ0n) is 13.7. The Morgan fingerprint density at radius 3 is 2.62 bits per heavy atom. The number of nitrogens with zero attached hydrogens (tertiary/aromatic N) is 2. The van der Waals surface area contributed by atoms with Gasteiger partial charge < -0.3 is 5.32 Å². The standard InChI is InChI=1S/C21H21N3/c1-2-13-22-19(7-1)17-11-9-16(10-12-17)15-24-20-8-3-5-18-6-4-14-23-21(18)20/h1-2,4,6-7,9-14,20,24H,3,5,8,15H2. The summed E-state index contributed by atoms with van der Waals surface area (Å²) in [5.74, 6) is 0. The summed E-state index contributed by atoms with van der Waals surface area (Å²) < 4.78 is 0. The van der Waals surface area contributed by atoms with Gasteiger partial charge in [-0.05, 0) is 48.6 Å². The van der Waals surface area contributed by atoms with Gasteiger partial charge in [-0.15, -0.1) is 0 Å². The summed E-state index contributed by atoms with van der Waals surface area (Å²) in [4.78, 5) is 9.00. The Kier molecular flexibility index (Phi) is 4.34. The predicted molar refractivity (Wildman–Crippen MR) is 96.4 cm³/mol. The van der Waals surface area contributed by atoms with Gasteiger partial charge in [0.1, 0.15) is 0 Å². The lowest BCUT2D eigenvalue weighted by Gasteiger charge is -2.25. The number of hydrogen-bond acceptors (Lipinski definition) is 3. The number of pyridine rings is 2. The number of benzene rings is 1. The molecule has 0 spiro atoms. The minimum absolute atomic E-state index is 0.366. The molecular formula is C21H21N3. The maximum Gasteiger partial charge on any atom is 0.0701 e. The molecule has 1 aliphatic carbocycles. The highest BCUT2D eigenvalue weighted by atomic mass is 14.9. The molecule has 3 nitrogen and oxygen atoms in total. The summed E-state index contributed by atoms with van der Waals surface area (Å²) in [6, 6.07) is 19.3. The lowest BCUT2D eigenvalue weighted by Crippen LogP contribution is -2.25. The molecule has 3 aromatic rings. The Morgan fingerprint density at radius 2 is 1.79 bits per heavy atom. The van der Waals surface area contributed by atoms with Crippen molar-refractivity contribution in [1.29, 1.82) is 0 Å². The lowest BCUT2D eigenvalue weighted by atomic mass is 9.92. The highest BCUT2D eigenvalue weighted by molar-refractivity contribution is 5.58. The zero-order valence-corrected chi connectivity index (χ0v) is 13.7. The molecule has 3 heteroatoms. The van der Waals surface area contributed by atoms with E-state index in [1.54, 1.807) is 0 Å². The number of aromatic nitrogens is 2. The molecule has 1 N–H and O–H groups in total. The molecule has 1 unspecified atom stereocenters. The van der Waals surface area contributed by atoms with Gasteiger partial charge in [0.05, 0.1) is 17.4 Å². The summed E-state index contributed by atoms with van der Waals surface area (Å²) in [6.07, 6.45) is 7.28. The van der Waals surface area contributed by atoms with Crippen molar-refractivity contribution in [1.82, 2.24) is 15.3 Å². The van der Waals surface area contributed by atoms with Gasteiger partial charge in [-0.2, -0.15) is 0 Å². The number of aryl methyl sites for hydroxylation is 1. The van der Waals surface area contributed by atoms with E-state index in [1.165, 1.54) is 23.2 Å². The molecule has 24 heavy (non-hydrogen) atoms. The van der Waals surface area contributed by atoms with E-state index in [2.05, 4.69) is 45.6 Å². The van der Waals surface area contributed by atoms with Gasteiger partial charge >= 0.3 is 0 Å². The summed E-state index contributed by atoms with van der Waals surface area (Å²) in [5, 5.41) is 3.68. The van der Waals surface area contributed by atoms with E-state index < -0.39 is 0 Å². The molecule has 0 fully saturated rings. The van der Waals surface area contributed by atoms with Crippen molar-refractivity contribution in [2.24, 2.45) is 0 Å². The van der Waals surface area contributed by atoms with Crippen molar-refractivity contribution < 1.29 is 0 Å². The van der Waals surface area contributed by atoms with Crippen molar-refractivity contribution in [3.05, 3.63) is 83.8 Å². The van der Waals surface area contributed by atoms with Gasteiger partial charge in [-0.25, -0.2) is 0 Å². The van der Waals surface area contributed by atoms with Crippen LogP contribution in [0.5, 0.6) is 0 Å². The third kappa shape index (κ3) is 3.22. The Hall–Kier alpha value is -2.52. The third-order valence-electron chi connectivity index (χ3n) is 4.66. The van der Waals surface area contributed by atoms with Crippen LogP contribution in [0.15, 0.2) is 67.0 Å². The van der Waals surface area contributed by atoms with E-state index in [1.807, 2.05) is 36.7 Å². The van der Waals surface area contributed by atoms with Gasteiger partial charge in [-0.3, -0.25) is 9.97 Å². The zero-order chi connectivity index (χ0) is 16.2. The van der Waals surface area contributed by atoms with E-state index in [4.69, 9.17) is 0 Å². The summed E-state index contributed by atoms with van der Waals surface area (Å²) in [7, 11) is 0. The fourth-order valence-corrected chi connectivity index (χ4v) is 3.38. The van der Waals surface area contributed by atoms with Crippen LogP contribution in [0.4, 0.5) is 0 Å². The minimum Gasteiger partial charge on any atom is -0.305 e. The molecule has 1 aliphatic rings. The monoisotopic (exact) mass is 315 g/mol.